The van der Waals surface area contributed by atoms with E-state index in [9.17, 15) is 13.2 Å². The summed E-state index contributed by atoms with van der Waals surface area (Å²) in [4.78, 5) is 17.8. The van der Waals surface area contributed by atoms with Crippen LogP contribution in [0.1, 0.15) is 12.8 Å². The first-order valence-electron chi connectivity index (χ1n) is 11.2. The minimum Gasteiger partial charge on any atom is -0.495 e. The SMILES string of the molecule is CNc1nc(-c2ccc(OC)c(NC(=O)[C@@H]3CCCN(S(=O)(=O)c4cc(Cl)ccc4OC)C3)c2)cs1. The molecule has 1 saturated heterocycles. The molecule has 1 fully saturated rings. The molecule has 1 atom stereocenters. The first-order valence-corrected chi connectivity index (χ1v) is 13.9. The van der Waals surface area contributed by atoms with Gasteiger partial charge in [0.2, 0.25) is 15.9 Å². The van der Waals surface area contributed by atoms with Crippen LogP contribution in [-0.4, -0.2) is 58.0 Å². The van der Waals surface area contributed by atoms with Crippen molar-refractivity contribution in [2.24, 2.45) is 5.92 Å². The Bertz CT molecular complexity index is 1360. The van der Waals surface area contributed by atoms with Crippen LogP contribution >= 0.6 is 22.9 Å². The second-order valence-corrected chi connectivity index (χ2v) is 11.4. The fraction of sp³-hybridized carbons (Fsp3) is 0.333. The molecule has 1 aliphatic rings. The van der Waals surface area contributed by atoms with Crippen LogP contribution in [0.5, 0.6) is 11.5 Å². The smallest absolute Gasteiger partial charge is 0.246 e. The molecule has 36 heavy (non-hydrogen) atoms. The number of ether oxygens (including phenoxy) is 2. The molecule has 3 aromatic rings. The monoisotopic (exact) mass is 550 g/mol. The number of rotatable bonds is 8. The highest BCUT2D eigenvalue weighted by atomic mass is 35.5. The average molecular weight is 551 g/mol. The van der Waals surface area contributed by atoms with Crippen LogP contribution in [0.2, 0.25) is 5.02 Å². The third kappa shape index (κ3) is 5.44. The summed E-state index contributed by atoms with van der Waals surface area (Å²) in [6.45, 7) is 0.349. The largest absolute Gasteiger partial charge is 0.495 e. The van der Waals surface area contributed by atoms with Crippen LogP contribution in [0.15, 0.2) is 46.7 Å². The van der Waals surface area contributed by atoms with Crippen LogP contribution in [0, 0.1) is 5.92 Å². The topological polar surface area (TPSA) is 110 Å². The van der Waals surface area contributed by atoms with E-state index in [-0.39, 0.29) is 28.1 Å². The fourth-order valence-electron chi connectivity index (χ4n) is 4.09. The van der Waals surface area contributed by atoms with E-state index in [1.807, 2.05) is 11.4 Å². The number of amides is 1. The number of nitrogens with zero attached hydrogens (tertiary/aromatic N) is 2. The van der Waals surface area contributed by atoms with Gasteiger partial charge in [0.15, 0.2) is 5.13 Å². The molecule has 1 aliphatic heterocycles. The van der Waals surface area contributed by atoms with Crippen molar-refractivity contribution in [1.29, 1.82) is 0 Å². The number of hydrogen-bond acceptors (Lipinski definition) is 8. The molecule has 1 aromatic heterocycles. The van der Waals surface area contributed by atoms with Gasteiger partial charge in [-0.2, -0.15) is 4.31 Å². The Balaban J connectivity index is 1.54. The lowest BCUT2D eigenvalue weighted by Gasteiger charge is -2.31. The van der Waals surface area contributed by atoms with Gasteiger partial charge >= 0.3 is 0 Å². The van der Waals surface area contributed by atoms with E-state index in [0.717, 1.165) is 16.4 Å². The van der Waals surface area contributed by atoms with Gasteiger partial charge in [-0.25, -0.2) is 13.4 Å². The predicted octanol–water partition coefficient (Wildman–Crippen LogP) is 4.56. The number of carbonyl (C=O) groups excluding carboxylic acids is 1. The van der Waals surface area contributed by atoms with Crippen LogP contribution in [0.4, 0.5) is 10.8 Å². The Labute approximate surface area is 219 Å². The normalized spacial score (nSPS) is 16.4. The molecule has 0 aliphatic carbocycles. The van der Waals surface area contributed by atoms with Gasteiger partial charge in [0.25, 0.3) is 0 Å². The maximum absolute atomic E-state index is 13.4. The van der Waals surface area contributed by atoms with Crippen LogP contribution in [-0.2, 0) is 14.8 Å². The van der Waals surface area contributed by atoms with E-state index in [4.69, 9.17) is 21.1 Å². The Morgan fingerprint density at radius 2 is 1.92 bits per heavy atom. The van der Waals surface area contributed by atoms with Gasteiger partial charge < -0.3 is 20.1 Å². The van der Waals surface area contributed by atoms with Crippen molar-refractivity contribution < 1.29 is 22.7 Å². The second kappa shape index (κ2) is 11.0. The summed E-state index contributed by atoms with van der Waals surface area (Å²) in [5.74, 6) is -0.115. The first-order chi connectivity index (χ1) is 17.3. The molecule has 0 radical (unpaired) electrons. The third-order valence-electron chi connectivity index (χ3n) is 5.97. The lowest BCUT2D eigenvalue weighted by molar-refractivity contribution is -0.120. The number of aromatic nitrogens is 1. The Kier molecular flexibility index (Phi) is 8.04. The lowest BCUT2D eigenvalue weighted by atomic mass is 9.98. The van der Waals surface area contributed by atoms with Gasteiger partial charge in [-0.15, -0.1) is 11.3 Å². The zero-order valence-electron chi connectivity index (χ0n) is 20.1. The number of piperidine rings is 1. The van der Waals surface area contributed by atoms with Gasteiger partial charge in [0, 0.05) is 36.1 Å². The Hall–Kier alpha value is -2.86. The maximum Gasteiger partial charge on any atom is 0.246 e. The van der Waals surface area contributed by atoms with E-state index in [1.54, 1.807) is 25.2 Å². The maximum atomic E-state index is 13.4. The summed E-state index contributed by atoms with van der Waals surface area (Å²) in [5.41, 5.74) is 2.09. The van der Waals surface area contributed by atoms with Crippen molar-refractivity contribution >= 4 is 49.7 Å². The van der Waals surface area contributed by atoms with Crippen LogP contribution < -0.4 is 20.1 Å². The van der Waals surface area contributed by atoms with Gasteiger partial charge in [0.05, 0.1) is 31.5 Å². The Morgan fingerprint density at radius 3 is 2.61 bits per heavy atom. The van der Waals surface area contributed by atoms with Crippen molar-refractivity contribution in [3.63, 3.8) is 0 Å². The number of methoxy groups -OCH3 is 2. The number of halogens is 1. The van der Waals surface area contributed by atoms with Gasteiger partial charge in [-0.3, -0.25) is 4.79 Å². The van der Waals surface area contributed by atoms with Crippen molar-refractivity contribution in [3.05, 3.63) is 46.8 Å². The lowest BCUT2D eigenvalue weighted by Crippen LogP contribution is -2.43. The second-order valence-electron chi connectivity index (χ2n) is 8.19. The van der Waals surface area contributed by atoms with E-state index >= 15 is 0 Å². The van der Waals surface area contributed by atoms with Gasteiger partial charge in [-0.1, -0.05) is 11.6 Å². The minimum atomic E-state index is -3.92. The first kappa shape index (κ1) is 26.2. The quantitative estimate of drug-likeness (QED) is 0.423. The molecule has 2 heterocycles. The summed E-state index contributed by atoms with van der Waals surface area (Å²) in [7, 11) is 0.820. The van der Waals surface area contributed by atoms with Crippen molar-refractivity contribution in [3.8, 4) is 22.8 Å². The summed E-state index contributed by atoms with van der Waals surface area (Å²) < 4.78 is 38.8. The van der Waals surface area contributed by atoms with Gasteiger partial charge in [0.1, 0.15) is 16.4 Å². The number of sulfonamides is 1. The summed E-state index contributed by atoms with van der Waals surface area (Å²) in [6, 6.07) is 9.90. The molecule has 4 rings (SSSR count). The molecule has 0 unspecified atom stereocenters. The molecule has 12 heteroatoms. The number of carbonyl (C=O) groups is 1. The summed E-state index contributed by atoms with van der Waals surface area (Å²) in [5, 5.41) is 8.94. The molecular weight excluding hydrogens is 524 g/mol. The van der Waals surface area contributed by atoms with Gasteiger partial charge in [-0.05, 0) is 49.2 Å². The molecule has 2 aromatic carbocycles. The molecular formula is C24H27ClN4O5S2. The van der Waals surface area contributed by atoms with Crippen LogP contribution in [0.3, 0.4) is 0 Å². The van der Waals surface area contributed by atoms with E-state index < -0.39 is 15.9 Å². The number of anilines is 2. The highest BCUT2D eigenvalue weighted by Crippen LogP contribution is 2.34. The average Bonchev–Trinajstić information content (AvgIpc) is 3.38. The fourth-order valence-corrected chi connectivity index (χ4v) is 6.71. The van der Waals surface area contributed by atoms with E-state index in [1.165, 1.54) is 42.0 Å². The number of thiazole rings is 1. The third-order valence-corrected chi connectivity index (χ3v) is 8.95. The molecule has 192 valence electrons. The molecule has 1 amide bonds. The van der Waals surface area contributed by atoms with Crippen molar-refractivity contribution in [2.75, 3.05) is 45.0 Å². The molecule has 0 bridgehead atoms. The molecule has 2 N–H and O–H groups in total. The highest BCUT2D eigenvalue weighted by molar-refractivity contribution is 7.89. The number of hydrogen-bond donors (Lipinski definition) is 2. The van der Waals surface area contributed by atoms with E-state index in [0.29, 0.717) is 30.8 Å². The molecule has 0 saturated carbocycles. The van der Waals surface area contributed by atoms with Crippen molar-refractivity contribution in [2.45, 2.75) is 17.7 Å². The highest BCUT2D eigenvalue weighted by Gasteiger charge is 2.35. The summed E-state index contributed by atoms with van der Waals surface area (Å²) >= 11 is 7.54. The Morgan fingerprint density at radius 1 is 1.17 bits per heavy atom. The zero-order valence-corrected chi connectivity index (χ0v) is 22.5. The molecule has 0 spiro atoms. The predicted molar refractivity (Wildman–Crippen MR) is 142 cm³/mol. The zero-order chi connectivity index (χ0) is 25.9. The van der Waals surface area contributed by atoms with Crippen molar-refractivity contribution in [1.82, 2.24) is 9.29 Å². The standard InChI is InChI=1S/C24H27ClN4O5S2/c1-26-24-28-19(14-35-24)15-6-8-20(33-2)18(11-15)27-23(30)16-5-4-10-29(13-16)36(31,32)22-12-17(25)7-9-21(22)34-3/h6-9,11-12,14,16H,4-5,10,13H2,1-3H3,(H,26,28)(H,27,30)/t16-/m1/s1. The van der Waals surface area contributed by atoms with Crippen LogP contribution in [0.25, 0.3) is 11.3 Å². The number of benzene rings is 2. The summed E-state index contributed by atoms with van der Waals surface area (Å²) in [6.07, 6.45) is 1.10. The minimum absolute atomic E-state index is 0.0165. The van der Waals surface area contributed by atoms with E-state index in [2.05, 4.69) is 15.6 Å². The molecule has 9 nitrogen and oxygen atoms in total. The number of nitrogens with one attached hydrogen (secondary N) is 2.